The van der Waals surface area contributed by atoms with Crippen molar-refractivity contribution >= 4 is 38.9 Å². The van der Waals surface area contributed by atoms with Crippen LogP contribution < -0.4 is 4.72 Å². The lowest BCUT2D eigenvalue weighted by atomic mass is 10.1. The van der Waals surface area contributed by atoms with Gasteiger partial charge in [0.05, 0.1) is 0 Å². The van der Waals surface area contributed by atoms with E-state index in [1.54, 1.807) is 11.4 Å². The average Bonchev–Trinajstić information content (AvgIpc) is 3.08. The molecule has 0 spiro atoms. The predicted octanol–water partition coefficient (Wildman–Crippen LogP) is 2.09. The largest absolute Gasteiger partial charge is 0.480 e. The van der Waals surface area contributed by atoms with Crippen molar-refractivity contribution in [3.8, 4) is 0 Å². The Labute approximate surface area is 143 Å². The molecule has 128 valence electrons. The van der Waals surface area contributed by atoms with Crippen molar-refractivity contribution in [1.82, 2.24) is 4.90 Å². The van der Waals surface area contributed by atoms with Crippen molar-refractivity contribution in [3.05, 3.63) is 47.3 Å². The van der Waals surface area contributed by atoms with Gasteiger partial charge in [-0.3, -0.25) is 9.52 Å². The van der Waals surface area contributed by atoms with Crippen LogP contribution in [-0.4, -0.2) is 43.4 Å². The summed E-state index contributed by atoms with van der Waals surface area (Å²) in [5.41, 5.74) is 0.582. The normalized spacial score (nSPS) is 12.4. The molecule has 0 fully saturated rings. The summed E-state index contributed by atoms with van der Waals surface area (Å²) in [6.07, 6.45) is 0. The van der Waals surface area contributed by atoms with E-state index in [1.165, 1.54) is 44.3 Å². The Hall–Kier alpha value is -2.39. The van der Waals surface area contributed by atoms with E-state index in [4.69, 9.17) is 5.11 Å². The second kappa shape index (κ2) is 7.02. The maximum atomic E-state index is 12.2. The van der Waals surface area contributed by atoms with Gasteiger partial charge in [0.15, 0.2) is 0 Å². The Morgan fingerprint density at radius 2 is 1.83 bits per heavy atom. The first kappa shape index (κ1) is 18.0. The lowest BCUT2D eigenvalue weighted by molar-refractivity contribution is -0.141. The number of sulfonamides is 1. The Balaban J connectivity index is 2.14. The first-order valence-corrected chi connectivity index (χ1v) is 9.25. The lowest BCUT2D eigenvalue weighted by Gasteiger charge is -2.21. The molecule has 1 heterocycles. The molecule has 0 bridgehead atoms. The molecule has 0 unspecified atom stereocenters. The minimum Gasteiger partial charge on any atom is -0.480 e. The van der Waals surface area contributed by atoms with Gasteiger partial charge in [0.25, 0.3) is 15.9 Å². The van der Waals surface area contributed by atoms with Crippen LogP contribution in [0.25, 0.3) is 0 Å². The van der Waals surface area contributed by atoms with E-state index in [0.717, 1.165) is 16.2 Å². The van der Waals surface area contributed by atoms with E-state index in [1.807, 2.05) is 0 Å². The van der Waals surface area contributed by atoms with E-state index < -0.39 is 27.9 Å². The molecule has 7 nitrogen and oxygen atoms in total. The summed E-state index contributed by atoms with van der Waals surface area (Å²) in [6.45, 7) is 1.41. The molecule has 1 aromatic carbocycles. The van der Waals surface area contributed by atoms with Gasteiger partial charge in [-0.2, -0.15) is 0 Å². The van der Waals surface area contributed by atoms with Gasteiger partial charge in [-0.15, -0.1) is 11.3 Å². The number of amides is 1. The Morgan fingerprint density at radius 1 is 1.21 bits per heavy atom. The van der Waals surface area contributed by atoms with Gasteiger partial charge in [-0.05, 0) is 42.6 Å². The summed E-state index contributed by atoms with van der Waals surface area (Å²) in [7, 11) is -2.25. The van der Waals surface area contributed by atoms with Crippen LogP contribution in [0.5, 0.6) is 0 Å². The van der Waals surface area contributed by atoms with Crippen LogP contribution in [0.4, 0.5) is 5.69 Å². The van der Waals surface area contributed by atoms with Crippen molar-refractivity contribution < 1.29 is 23.1 Å². The first-order valence-electron chi connectivity index (χ1n) is 6.89. The number of carbonyl (C=O) groups excluding carboxylic acids is 1. The second-order valence-corrected chi connectivity index (χ2v) is 7.90. The summed E-state index contributed by atoms with van der Waals surface area (Å²) < 4.78 is 26.8. The van der Waals surface area contributed by atoms with Crippen LogP contribution in [0, 0.1) is 0 Å². The molecule has 0 radical (unpaired) electrons. The third-order valence-corrected chi connectivity index (χ3v) is 6.18. The van der Waals surface area contributed by atoms with Crippen molar-refractivity contribution in [1.29, 1.82) is 0 Å². The van der Waals surface area contributed by atoms with Crippen molar-refractivity contribution in [2.75, 3.05) is 11.8 Å². The molecule has 0 aliphatic rings. The molecular weight excluding hydrogens is 352 g/mol. The summed E-state index contributed by atoms with van der Waals surface area (Å²) in [4.78, 5) is 24.2. The monoisotopic (exact) mass is 368 g/mol. The molecule has 1 aromatic heterocycles. The van der Waals surface area contributed by atoms with Gasteiger partial charge >= 0.3 is 5.97 Å². The second-order valence-electron chi connectivity index (χ2n) is 5.05. The number of likely N-dealkylation sites (N-methyl/N-ethyl adjacent to an activating group) is 1. The van der Waals surface area contributed by atoms with Gasteiger partial charge in [-0.25, -0.2) is 13.2 Å². The summed E-state index contributed by atoms with van der Waals surface area (Å²) in [6, 6.07) is 7.97. The maximum Gasteiger partial charge on any atom is 0.326 e. The fraction of sp³-hybridized carbons (Fsp3) is 0.200. The molecule has 2 rings (SSSR count). The number of hydrogen-bond acceptors (Lipinski definition) is 5. The first-order chi connectivity index (χ1) is 11.2. The Bertz CT molecular complexity index is 829. The van der Waals surface area contributed by atoms with Gasteiger partial charge < -0.3 is 10.0 Å². The van der Waals surface area contributed by atoms with Crippen LogP contribution in [-0.2, 0) is 14.8 Å². The highest BCUT2D eigenvalue weighted by Gasteiger charge is 2.23. The van der Waals surface area contributed by atoms with Crippen molar-refractivity contribution in [2.24, 2.45) is 0 Å². The van der Waals surface area contributed by atoms with Crippen LogP contribution in [0.3, 0.4) is 0 Å². The van der Waals surface area contributed by atoms with Gasteiger partial charge in [0.1, 0.15) is 10.3 Å². The number of aliphatic carboxylic acids is 1. The highest BCUT2D eigenvalue weighted by atomic mass is 32.2. The average molecular weight is 368 g/mol. The van der Waals surface area contributed by atoms with Crippen molar-refractivity contribution in [3.63, 3.8) is 0 Å². The number of benzene rings is 1. The van der Waals surface area contributed by atoms with Crippen LogP contribution in [0.15, 0.2) is 46.0 Å². The van der Waals surface area contributed by atoms with Crippen molar-refractivity contribution in [2.45, 2.75) is 17.2 Å². The molecule has 24 heavy (non-hydrogen) atoms. The number of hydrogen-bond donors (Lipinski definition) is 2. The van der Waals surface area contributed by atoms with E-state index >= 15 is 0 Å². The SMILES string of the molecule is C[C@@H](C(=O)O)N(C)C(=O)c1ccc(NS(=O)(=O)c2cccs2)cc1. The molecule has 1 amide bonds. The fourth-order valence-corrected chi connectivity index (χ4v) is 3.90. The summed E-state index contributed by atoms with van der Waals surface area (Å²) in [5, 5.41) is 10.6. The van der Waals surface area contributed by atoms with Crippen LogP contribution in [0.2, 0.25) is 0 Å². The number of anilines is 1. The van der Waals surface area contributed by atoms with Crippen LogP contribution in [0.1, 0.15) is 17.3 Å². The zero-order chi connectivity index (χ0) is 17.9. The maximum absolute atomic E-state index is 12.2. The minimum absolute atomic E-state index is 0.192. The molecule has 9 heteroatoms. The van der Waals surface area contributed by atoms with Crippen LogP contribution >= 0.6 is 11.3 Å². The van der Waals surface area contributed by atoms with Gasteiger partial charge in [0, 0.05) is 18.3 Å². The highest BCUT2D eigenvalue weighted by molar-refractivity contribution is 7.94. The topological polar surface area (TPSA) is 104 Å². The molecule has 0 aliphatic carbocycles. The summed E-state index contributed by atoms with van der Waals surface area (Å²) >= 11 is 1.10. The third-order valence-electron chi connectivity index (χ3n) is 3.40. The number of carboxylic acid groups (broad SMARTS) is 1. The Kier molecular flexibility index (Phi) is 5.25. The Morgan fingerprint density at radius 3 is 2.33 bits per heavy atom. The molecule has 1 atom stereocenters. The van der Waals surface area contributed by atoms with Gasteiger partial charge in [0.2, 0.25) is 0 Å². The lowest BCUT2D eigenvalue weighted by Crippen LogP contribution is -2.40. The predicted molar refractivity (Wildman–Crippen MR) is 90.8 cm³/mol. The zero-order valence-electron chi connectivity index (χ0n) is 13.0. The molecule has 2 aromatic rings. The number of carboxylic acids is 1. The number of nitrogens with one attached hydrogen (secondary N) is 1. The molecule has 2 N–H and O–H groups in total. The number of thiophene rings is 1. The fourth-order valence-electron chi connectivity index (χ4n) is 1.85. The molecule has 0 saturated carbocycles. The quantitative estimate of drug-likeness (QED) is 0.812. The van der Waals surface area contributed by atoms with E-state index in [0.29, 0.717) is 5.69 Å². The zero-order valence-corrected chi connectivity index (χ0v) is 14.6. The summed E-state index contributed by atoms with van der Waals surface area (Å²) in [5.74, 6) is -1.57. The number of carbonyl (C=O) groups is 2. The van der Waals surface area contributed by atoms with E-state index in [9.17, 15) is 18.0 Å². The standard InChI is InChI=1S/C15H16N2O5S2/c1-10(15(19)20)17(2)14(18)11-5-7-12(8-6-11)16-24(21,22)13-4-3-9-23-13/h3-10,16H,1-2H3,(H,19,20)/t10-/m0/s1. The molecule has 0 aliphatic heterocycles. The molecule has 0 saturated heterocycles. The number of nitrogens with zero attached hydrogens (tertiary/aromatic N) is 1. The number of rotatable bonds is 6. The van der Waals surface area contributed by atoms with E-state index in [-0.39, 0.29) is 9.77 Å². The smallest absolute Gasteiger partial charge is 0.326 e. The minimum atomic E-state index is -3.65. The van der Waals surface area contributed by atoms with E-state index in [2.05, 4.69) is 4.72 Å². The third kappa shape index (κ3) is 3.92. The van der Waals surface area contributed by atoms with Gasteiger partial charge in [-0.1, -0.05) is 6.07 Å². The molecular formula is C15H16N2O5S2. The highest BCUT2D eigenvalue weighted by Crippen LogP contribution is 2.20.